The average molecular weight is 299 g/mol. The molecule has 0 fully saturated rings. The summed E-state index contributed by atoms with van der Waals surface area (Å²) in [6.45, 7) is 2.58. The largest absolute Gasteiger partial charge is 0.492 e. The molecule has 0 atom stereocenters. The molecular weight excluding hydrogens is 282 g/mol. The van der Waals surface area contributed by atoms with Crippen LogP contribution < -0.4 is 16.0 Å². The number of anilines is 1. The van der Waals surface area contributed by atoms with E-state index in [1.54, 1.807) is 11.3 Å². The van der Waals surface area contributed by atoms with E-state index in [0.717, 1.165) is 28.6 Å². The Labute approximate surface area is 127 Å². The SMILES string of the molecule is CCOc1cccc2cc(Cc3cccs3)c(NN)nc12. The maximum absolute atomic E-state index is 5.64. The van der Waals surface area contributed by atoms with Gasteiger partial charge in [0, 0.05) is 22.2 Å². The molecule has 3 aromatic rings. The number of hydrogen-bond acceptors (Lipinski definition) is 5. The second-order valence-electron chi connectivity index (χ2n) is 4.66. The number of ether oxygens (including phenoxy) is 1. The first kappa shape index (κ1) is 13.9. The zero-order valence-corrected chi connectivity index (χ0v) is 12.6. The monoisotopic (exact) mass is 299 g/mol. The molecule has 0 bridgehead atoms. The van der Waals surface area contributed by atoms with Crippen LogP contribution in [0.15, 0.2) is 41.8 Å². The standard InChI is InChI=1S/C16H17N3OS/c1-2-20-14-7-3-5-11-9-12(10-13-6-4-8-21-13)16(19-17)18-15(11)14/h3-9H,2,10,17H2,1H3,(H,18,19). The van der Waals surface area contributed by atoms with Crippen molar-refractivity contribution in [2.45, 2.75) is 13.3 Å². The molecule has 108 valence electrons. The van der Waals surface area contributed by atoms with E-state index in [1.807, 2.05) is 25.1 Å². The van der Waals surface area contributed by atoms with Crippen molar-refractivity contribution in [3.63, 3.8) is 0 Å². The van der Waals surface area contributed by atoms with Gasteiger partial charge in [0.05, 0.1) is 6.61 Å². The van der Waals surface area contributed by atoms with E-state index in [-0.39, 0.29) is 0 Å². The first-order chi connectivity index (χ1) is 10.3. The van der Waals surface area contributed by atoms with Gasteiger partial charge in [0.1, 0.15) is 17.1 Å². The molecular formula is C16H17N3OS. The van der Waals surface area contributed by atoms with Crippen LogP contribution in [-0.2, 0) is 6.42 Å². The first-order valence-corrected chi connectivity index (χ1v) is 7.74. The van der Waals surface area contributed by atoms with Crippen molar-refractivity contribution in [3.8, 4) is 5.75 Å². The molecule has 1 aromatic carbocycles. The summed E-state index contributed by atoms with van der Waals surface area (Å²) in [4.78, 5) is 5.92. The van der Waals surface area contributed by atoms with Crippen molar-refractivity contribution in [3.05, 3.63) is 52.2 Å². The number of para-hydroxylation sites is 1. The number of nitrogens with two attached hydrogens (primary N) is 1. The number of aromatic nitrogens is 1. The van der Waals surface area contributed by atoms with Crippen molar-refractivity contribution >= 4 is 28.1 Å². The summed E-state index contributed by atoms with van der Waals surface area (Å²) in [5, 5.41) is 3.14. The van der Waals surface area contributed by atoms with E-state index >= 15 is 0 Å². The minimum Gasteiger partial charge on any atom is -0.492 e. The van der Waals surface area contributed by atoms with Crippen molar-refractivity contribution in [1.29, 1.82) is 0 Å². The summed E-state index contributed by atoms with van der Waals surface area (Å²) < 4.78 is 5.64. The predicted octanol–water partition coefficient (Wildman–Crippen LogP) is 3.57. The van der Waals surface area contributed by atoms with Crippen molar-refractivity contribution in [2.24, 2.45) is 5.84 Å². The number of nitrogen functional groups attached to an aromatic ring is 1. The predicted molar refractivity (Wildman–Crippen MR) is 87.8 cm³/mol. The highest BCUT2D eigenvalue weighted by molar-refractivity contribution is 7.09. The Bertz CT molecular complexity index is 741. The number of nitrogens with zero attached hydrogens (tertiary/aromatic N) is 1. The van der Waals surface area contributed by atoms with Crippen molar-refractivity contribution < 1.29 is 4.74 Å². The summed E-state index contributed by atoms with van der Waals surface area (Å²) in [6.07, 6.45) is 0.818. The van der Waals surface area contributed by atoms with Crippen LogP contribution in [0.5, 0.6) is 5.75 Å². The van der Waals surface area contributed by atoms with E-state index in [4.69, 9.17) is 10.6 Å². The maximum atomic E-state index is 5.64. The lowest BCUT2D eigenvalue weighted by Crippen LogP contribution is -2.11. The van der Waals surface area contributed by atoms with Crippen LogP contribution >= 0.6 is 11.3 Å². The Hall–Kier alpha value is -2.11. The zero-order valence-electron chi connectivity index (χ0n) is 11.8. The zero-order chi connectivity index (χ0) is 14.7. The molecule has 2 aromatic heterocycles. The van der Waals surface area contributed by atoms with Gasteiger partial charge in [-0.05, 0) is 30.5 Å². The van der Waals surface area contributed by atoms with Crippen molar-refractivity contribution in [2.75, 3.05) is 12.0 Å². The summed E-state index contributed by atoms with van der Waals surface area (Å²) >= 11 is 1.73. The molecule has 0 spiro atoms. The fraction of sp³-hybridized carbons (Fsp3) is 0.188. The highest BCUT2D eigenvalue weighted by Crippen LogP contribution is 2.29. The van der Waals surface area contributed by atoms with Crippen molar-refractivity contribution in [1.82, 2.24) is 4.98 Å². The summed E-state index contributed by atoms with van der Waals surface area (Å²) in [5.74, 6) is 7.13. The lowest BCUT2D eigenvalue weighted by molar-refractivity contribution is 0.343. The highest BCUT2D eigenvalue weighted by Gasteiger charge is 2.10. The molecule has 0 amide bonds. The number of hydrogen-bond donors (Lipinski definition) is 2. The molecule has 0 saturated heterocycles. The van der Waals surface area contributed by atoms with E-state index in [1.165, 1.54) is 4.88 Å². The van der Waals surface area contributed by atoms with Gasteiger partial charge in [0.15, 0.2) is 0 Å². The fourth-order valence-electron chi connectivity index (χ4n) is 2.35. The van der Waals surface area contributed by atoms with Gasteiger partial charge in [-0.2, -0.15) is 0 Å². The Morgan fingerprint density at radius 1 is 1.29 bits per heavy atom. The third-order valence-electron chi connectivity index (χ3n) is 3.27. The molecule has 5 heteroatoms. The van der Waals surface area contributed by atoms with Crippen LogP contribution in [0.2, 0.25) is 0 Å². The normalized spacial score (nSPS) is 10.8. The molecule has 0 unspecified atom stereocenters. The van der Waals surface area contributed by atoms with E-state index in [9.17, 15) is 0 Å². The van der Waals surface area contributed by atoms with Crippen LogP contribution in [0.25, 0.3) is 10.9 Å². The maximum Gasteiger partial charge on any atom is 0.145 e. The second-order valence-corrected chi connectivity index (χ2v) is 5.69. The van der Waals surface area contributed by atoms with Crippen LogP contribution in [0.1, 0.15) is 17.4 Å². The summed E-state index contributed by atoms with van der Waals surface area (Å²) in [7, 11) is 0. The summed E-state index contributed by atoms with van der Waals surface area (Å²) in [5.41, 5.74) is 4.63. The number of hydrazine groups is 1. The van der Waals surface area contributed by atoms with Gasteiger partial charge in [-0.25, -0.2) is 10.8 Å². The van der Waals surface area contributed by atoms with Gasteiger partial charge < -0.3 is 10.2 Å². The molecule has 0 saturated carbocycles. The van der Waals surface area contributed by atoms with Crippen LogP contribution in [-0.4, -0.2) is 11.6 Å². The Balaban J connectivity index is 2.09. The topological polar surface area (TPSA) is 60.2 Å². The van der Waals surface area contributed by atoms with Crippen LogP contribution in [0.3, 0.4) is 0 Å². The average Bonchev–Trinajstić information content (AvgIpc) is 3.00. The van der Waals surface area contributed by atoms with Gasteiger partial charge in [-0.3, -0.25) is 0 Å². The first-order valence-electron chi connectivity index (χ1n) is 6.86. The highest BCUT2D eigenvalue weighted by atomic mass is 32.1. The molecule has 4 nitrogen and oxygen atoms in total. The molecule has 0 aliphatic carbocycles. The lowest BCUT2D eigenvalue weighted by atomic mass is 10.1. The van der Waals surface area contributed by atoms with Gasteiger partial charge in [-0.1, -0.05) is 18.2 Å². The Kier molecular flexibility index (Phi) is 4.03. The Morgan fingerprint density at radius 3 is 2.90 bits per heavy atom. The summed E-state index contributed by atoms with van der Waals surface area (Å²) in [6, 6.07) is 12.3. The van der Waals surface area contributed by atoms with Gasteiger partial charge in [0.25, 0.3) is 0 Å². The molecule has 3 N–H and O–H groups in total. The van der Waals surface area contributed by atoms with E-state index < -0.39 is 0 Å². The number of fused-ring (bicyclic) bond motifs is 1. The fourth-order valence-corrected chi connectivity index (χ4v) is 3.08. The molecule has 2 heterocycles. The smallest absolute Gasteiger partial charge is 0.145 e. The minimum absolute atomic E-state index is 0.614. The number of benzene rings is 1. The van der Waals surface area contributed by atoms with Crippen LogP contribution in [0.4, 0.5) is 5.82 Å². The van der Waals surface area contributed by atoms with Crippen LogP contribution in [0, 0.1) is 0 Å². The third-order valence-corrected chi connectivity index (χ3v) is 4.15. The van der Waals surface area contributed by atoms with Gasteiger partial charge >= 0.3 is 0 Å². The third kappa shape index (κ3) is 2.84. The van der Waals surface area contributed by atoms with Gasteiger partial charge in [0.2, 0.25) is 0 Å². The molecule has 3 rings (SSSR count). The van der Waals surface area contributed by atoms with E-state index in [0.29, 0.717) is 12.4 Å². The number of nitrogens with one attached hydrogen (secondary N) is 1. The molecule has 21 heavy (non-hydrogen) atoms. The quantitative estimate of drug-likeness (QED) is 0.558. The molecule has 0 radical (unpaired) electrons. The van der Waals surface area contributed by atoms with Gasteiger partial charge in [-0.15, -0.1) is 11.3 Å². The Morgan fingerprint density at radius 2 is 2.19 bits per heavy atom. The minimum atomic E-state index is 0.614. The lowest BCUT2D eigenvalue weighted by Gasteiger charge is -2.12. The van der Waals surface area contributed by atoms with E-state index in [2.05, 4.69) is 34.0 Å². The number of thiophene rings is 1. The number of pyridine rings is 1. The molecule has 0 aliphatic rings. The molecule has 0 aliphatic heterocycles. The number of rotatable bonds is 5. The second kappa shape index (κ2) is 6.11.